The third-order valence-electron chi connectivity index (χ3n) is 2.84. The summed E-state index contributed by atoms with van der Waals surface area (Å²) < 4.78 is 0. The van der Waals surface area contributed by atoms with E-state index in [0.29, 0.717) is 0 Å². The zero-order chi connectivity index (χ0) is 13.8. The van der Waals surface area contributed by atoms with Crippen molar-refractivity contribution in [2.75, 3.05) is 13.1 Å². The molecule has 0 spiro atoms. The van der Waals surface area contributed by atoms with Gasteiger partial charge in [-0.25, -0.2) is 0 Å². The van der Waals surface area contributed by atoms with Gasteiger partial charge in [0, 0.05) is 6.54 Å². The second-order valence-corrected chi connectivity index (χ2v) is 5.40. The molecule has 0 saturated carbocycles. The van der Waals surface area contributed by atoms with Gasteiger partial charge in [-0.2, -0.15) is 0 Å². The lowest BCUT2D eigenvalue weighted by molar-refractivity contribution is -0.120. The molecule has 0 heterocycles. The van der Waals surface area contributed by atoms with E-state index in [9.17, 15) is 9.90 Å². The number of hydrogen-bond acceptors (Lipinski definition) is 3. The number of aliphatic hydroxyl groups is 1. The summed E-state index contributed by atoms with van der Waals surface area (Å²) >= 11 is 0. The van der Waals surface area contributed by atoms with E-state index < -0.39 is 6.10 Å². The summed E-state index contributed by atoms with van der Waals surface area (Å²) in [5.74, 6) is -0.264. The first kappa shape index (κ1) is 14.7. The van der Waals surface area contributed by atoms with Crippen LogP contribution in [0.25, 0.3) is 0 Å². The molecule has 1 aromatic rings. The van der Waals surface area contributed by atoms with Crippen molar-refractivity contribution in [3.05, 3.63) is 35.4 Å². The number of rotatable bonds is 4. The number of nitrogens with one attached hydrogen (secondary N) is 1. The Morgan fingerprint density at radius 1 is 1.33 bits per heavy atom. The summed E-state index contributed by atoms with van der Waals surface area (Å²) in [6, 6.07) is 7.78. The summed E-state index contributed by atoms with van der Waals surface area (Å²) in [5.41, 5.74) is 7.27. The molecule has 18 heavy (non-hydrogen) atoms. The van der Waals surface area contributed by atoms with Crippen LogP contribution < -0.4 is 11.1 Å². The molecular formula is C14H22N2O2. The molecular weight excluding hydrogens is 228 g/mol. The molecule has 0 aliphatic heterocycles. The van der Waals surface area contributed by atoms with Crippen LogP contribution in [0.3, 0.4) is 0 Å². The molecule has 4 nitrogen and oxygen atoms in total. The zero-order valence-corrected chi connectivity index (χ0v) is 11.2. The first-order valence-corrected chi connectivity index (χ1v) is 6.10. The summed E-state index contributed by atoms with van der Waals surface area (Å²) in [5, 5.41) is 12.5. The predicted octanol–water partition coefficient (Wildman–Crippen LogP) is 1.09. The molecule has 0 aliphatic rings. The molecule has 4 N–H and O–H groups in total. The van der Waals surface area contributed by atoms with Gasteiger partial charge in [0.05, 0.1) is 12.6 Å². The number of aliphatic hydroxyl groups excluding tert-OH is 1. The van der Waals surface area contributed by atoms with Gasteiger partial charge in [0.25, 0.3) is 0 Å². The van der Waals surface area contributed by atoms with Crippen molar-refractivity contribution in [2.45, 2.75) is 32.3 Å². The van der Waals surface area contributed by atoms with Crippen LogP contribution in [0.15, 0.2) is 24.3 Å². The van der Waals surface area contributed by atoms with E-state index in [1.807, 2.05) is 24.3 Å². The maximum Gasteiger partial charge on any atom is 0.233 e. The quantitative estimate of drug-likeness (QED) is 0.749. The van der Waals surface area contributed by atoms with Crippen LogP contribution in [0.1, 0.15) is 38.0 Å². The highest BCUT2D eigenvalue weighted by atomic mass is 16.3. The number of carbonyl (C=O) groups is 1. The molecule has 0 saturated heterocycles. The Balaban J connectivity index is 2.65. The molecule has 1 rings (SSSR count). The average molecular weight is 250 g/mol. The smallest absolute Gasteiger partial charge is 0.233 e. The van der Waals surface area contributed by atoms with Crippen molar-refractivity contribution < 1.29 is 9.90 Å². The third-order valence-corrected chi connectivity index (χ3v) is 2.84. The van der Waals surface area contributed by atoms with Gasteiger partial charge in [0.15, 0.2) is 0 Å². The van der Waals surface area contributed by atoms with Gasteiger partial charge in [0.1, 0.15) is 0 Å². The first-order valence-electron chi connectivity index (χ1n) is 6.10. The van der Waals surface area contributed by atoms with Gasteiger partial charge in [-0.15, -0.1) is 0 Å². The first-order chi connectivity index (χ1) is 8.34. The lowest BCUT2D eigenvalue weighted by Gasteiger charge is -2.20. The number of amides is 1. The monoisotopic (exact) mass is 250 g/mol. The van der Waals surface area contributed by atoms with Crippen LogP contribution in [0.2, 0.25) is 0 Å². The van der Waals surface area contributed by atoms with Gasteiger partial charge < -0.3 is 16.2 Å². The molecule has 0 aromatic heterocycles. The Morgan fingerprint density at radius 2 is 1.89 bits per heavy atom. The summed E-state index contributed by atoms with van der Waals surface area (Å²) in [7, 11) is 0. The summed E-state index contributed by atoms with van der Waals surface area (Å²) in [6.45, 7) is 6.54. The van der Waals surface area contributed by atoms with Gasteiger partial charge in [0.2, 0.25) is 5.91 Å². The van der Waals surface area contributed by atoms with Gasteiger partial charge in [-0.05, 0) is 16.5 Å². The van der Waals surface area contributed by atoms with Crippen molar-refractivity contribution in [1.82, 2.24) is 5.32 Å². The molecule has 1 aromatic carbocycles. The van der Waals surface area contributed by atoms with E-state index in [1.165, 1.54) is 5.56 Å². The maximum atomic E-state index is 11.0. The zero-order valence-electron chi connectivity index (χ0n) is 11.2. The van der Waals surface area contributed by atoms with Crippen LogP contribution in [0, 0.1) is 0 Å². The fraction of sp³-hybridized carbons (Fsp3) is 0.500. The second-order valence-electron chi connectivity index (χ2n) is 5.40. The van der Waals surface area contributed by atoms with E-state index >= 15 is 0 Å². The molecule has 0 aliphatic carbocycles. The molecule has 0 radical (unpaired) electrons. The van der Waals surface area contributed by atoms with Crippen molar-refractivity contribution in [3.63, 3.8) is 0 Å². The SMILES string of the molecule is CC(C)(C)c1ccc(C(O)CNC(=O)CN)cc1. The molecule has 0 bridgehead atoms. The van der Waals surface area contributed by atoms with E-state index in [2.05, 4.69) is 26.1 Å². The van der Waals surface area contributed by atoms with Crippen LogP contribution in [-0.2, 0) is 10.2 Å². The second kappa shape index (κ2) is 5.98. The molecule has 1 amide bonds. The predicted molar refractivity (Wildman–Crippen MR) is 72.2 cm³/mol. The lowest BCUT2D eigenvalue weighted by Crippen LogP contribution is -2.33. The van der Waals surface area contributed by atoms with Crippen molar-refractivity contribution in [1.29, 1.82) is 0 Å². The molecule has 1 atom stereocenters. The van der Waals surface area contributed by atoms with Crippen molar-refractivity contribution >= 4 is 5.91 Å². The van der Waals surface area contributed by atoms with Gasteiger partial charge in [-0.1, -0.05) is 45.0 Å². The standard InChI is InChI=1S/C14H22N2O2/c1-14(2,3)11-6-4-10(5-7-11)12(17)9-16-13(18)8-15/h4-7,12,17H,8-9,15H2,1-3H3,(H,16,18). The largest absolute Gasteiger partial charge is 0.387 e. The molecule has 100 valence electrons. The lowest BCUT2D eigenvalue weighted by atomic mass is 9.86. The Morgan fingerprint density at radius 3 is 2.33 bits per heavy atom. The van der Waals surface area contributed by atoms with E-state index in [-0.39, 0.29) is 24.4 Å². The minimum Gasteiger partial charge on any atom is -0.387 e. The number of hydrogen-bond donors (Lipinski definition) is 3. The summed E-state index contributed by atoms with van der Waals surface area (Å²) in [6.07, 6.45) is -0.700. The Kier molecular flexibility index (Phi) is 4.87. The normalized spacial score (nSPS) is 13.2. The fourth-order valence-corrected chi connectivity index (χ4v) is 1.61. The average Bonchev–Trinajstić information content (AvgIpc) is 2.34. The van der Waals surface area contributed by atoms with Crippen LogP contribution >= 0.6 is 0 Å². The van der Waals surface area contributed by atoms with Crippen LogP contribution in [0.5, 0.6) is 0 Å². The Hall–Kier alpha value is -1.39. The van der Waals surface area contributed by atoms with Gasteiger partial charge in [-0.3, -0.25) is 4.79 Å². The van der Waals surface area contributed by atoms with E-state index in [1.54, 1.807) is 0 Å². The minimum absolute atomic E-state index is 0.0598. The Labute approximate surface area is 108 Å². The highest BCUT2D eigenvalue weighted by molar-refractivity contribution is 5.77. The molecule has 0 fully saturated rings. The topological polar surface area (TPSA) is 75.3 Å². The third kappa shape index (κ3) is 4.13. The summed E-state index contributed by atoms with van der Waals surface area (Å²) in [4.78, 5) is 11.0. The fourth-order valence-electron chi connectivity index (χ4n) is 1.61. The molecule has 4 heteroatoms. The maximum absolute atomic E-state index is 11.0. The van der Waals surface area contributed by atoms with Gasteiger partial charge >= 0.3 is 0 Å². The molecule has 1 unspecified atom stereocenters. The van der Waals surface area contributed by atoms with Crippen LogP contribution in [-0.4, -0.2) is 24.1 Å². The minimum atomic E-state index is -0.700. The van der Waals surface area contributed by atoms with Crippen molar-refractivity contribution in [3.8, 4) is 0 Å². The number of nitrogens with two attached hydrogens (primary N) is 1. The number of benzene rings is 1. The van der Waals surface area contributed by atoms with E-state index in [4.69, 9.17) is 5.73 Å². The highest BCUT2D eigenvalue weighted by Crippen LogP contribution is 2.23. The van der Waals surface area contributed by atoms with E-state index in [0.717, 1.165) is 5.56 Å². The number of carbonyl (C=O) groups excluding carboxylic acids is 1. The highest BCUT2D eigenvalue weighted by Gasteiger charge is 2.14. The Bertz CT molecular complexity index is 393. The van der Waals surface area contributed by atoms with Crippen molar-refractivity contribution in [2.24, 2.45) is 5.73 Å². The van der Waals surface area contributed by atoms with Crippen LogP contribution in [0.4, 0.5) is 0 Å².